The van der Waals surface area contributed by atoms with Gasteiger partial charge in [0.15, 0.2) is 0 Å². The summed E-state index contributed by atoms with van der Waals surface area (Å²) in [5.41, 5.74) is 3.27. The van der Waals surface area contributed by atoms with Gasteiger partial charge in [-0.15, -0.1) is 0 Å². The highest BCUT2D eigenvalue weighted by molar-refractivity contribution is 6.31. The van der Waals surface area contributed by atoms with Crippen molar-refractivity contribution in [3.05, 3.63) is 34.6 Å². The van der Waals surface area contributed by atoms with Gasteiger partial charge in [0.25, 0.3) is 0 Å². The molecule has 3 N–H and O–H groups in total. The van der Waals surface area contributed by atoms with E-state index in [-0.39, 0.29) is 18.0 Å². The van der Waals surface area contributed by atoms with Crippen molar-refractivity contribution in [3.63, 3.8) is 0 Å². The SMILES string of the molecule is CCOC(CC)C(NN)c1cc(F)ccc1Cl. The first-order chi connectivity index (χ1) is 8.13. The van der Waals surface area contributed by atoms with Crippen molar-refractivity contribution in [2.45, 2.75) is 32.4 Å². The van der Waals surface area contributed by atoms with E-state index in [0.717, 1.165) is 6.42 Å². The fraction of sp³-hybridized carbons (Fsp3) is 0.500. The van der Waals surface area contributed by atoms with Gasteiger partial charge in [-0.2, -0.15) is 0 Å². The molecular formula is C12H18ClFN2O. The summed E-state index contributed by atoms with van der Waals surface area (Å²) in [5, 5.41) is 0.479. The van der Waals surface area contributed by atoms with E-state index in [1.807, 2.05) is 13.8 Å². The van der Waals surface area contributed by atoms with Crippen molar-refractivity contribution in [2.75, 3.05) is 6.61 Å². The summed E-state index contributed by atoms with van der Waals surface area (Å²) in [6, 6.07) is 3.91. The van der Waals surface area contributed by atoms with E-state index in [2.05, 4.69) is 5.43 Å². The van der Waals surface area contributed by atoms with E-state index < -0.39 is 0 Å². The van der Waals surface area contributed by atoms with E-state index >= 15 is 0 Å². The van der Waals surface area contributed by atoms with Gasteiger partial charge in [-0.05, 0) is 37.1 Å². The van der Waals surface area contributed by atoms with Gasteiger partial charge in [-0.3, -0.25) is 11.3 Å². The molecule has 5 heteroatoms. The van der Waals surface area contributed by atoms with Crippen LogP contribution in [0.2, 0.25) is 5.02 Å². The third kappa shape index (κ3) is 3.64. The highest BCUT2D eigenvalue weighted by Crippen LogP contribution is 2.28. The van der Waals surface area contributed by atoms with Gasteiger partial charge in [0.2, 0.25) is 0 Å². The summed E-state index contributed by atoms with van der Waals surface area (Å²) in [6.45, 7) is 4.46. The van der Waals surface area contributed by atoms with Crippen molar-refractivity contribution in [3.8, 4) is 0 Å². The van der Waals surface area contributed by atoms with Gasteiger partial charge in [-0.1, -0.05) is 18.5 Å². The number of halogens is 2. The molecule has 0 amide bonds. The lowest BCUT2D eigenvalue weighted by atomic mass is 10.00. The molecule has 0 fully saturated rings. The Morgan fingerprint density at radius 2 is 2.18 bits per heavy atom. The quantitative estimate of drug-likeness (QED) is 0.611. The summed E-state index contributed by atoms with van der Waals surface area (Å²) in [6.07, 6.45) is 0.625. The van der Waals surface area contributed by atoms with Crippen LogP contribution >= 0.6 is 11.6 Å². The number of nitrogens with two attached hydrogens (primary N) is 1. The first-order valence-corrected chi connectivity index (χ1v) is 6.04. The molecule has 0 saturated carbocycles. The van der Waals surface area contributed by atoms with E-state index in [0.29, 0.717) is 17.2 Å². The summed E-state index contributed by atoms with van der Waals surface area (Å²) in [5.74, 6) is 5.18. The lowest BCUT2D eigenvalue weighted by molar-refractivity contribution is 0.0313. The third-order valence-corrected chi connectivity index (χ3v) is 2.97. The van der Waals surface area contributed by atoms with Gasteiger partial charge in [0.1, 0.15) is 5.82 Å². The Balaban J connectivity index is 3.02. The lowest BCUT2D eigenvalue weighted by Crippen LogP contribution is -2.38. The Labute approximate surface area is 106 Å². The maximum absolute atomic E-state index is 13.2. The van der Waals surface area contributed by atoms with E-state index in [1.165, 1.54) is 18.2 Å². The van der Waals surface area contributed by atoms with Crippen LogP contribution in [0.15, 0.2) is 18.2 Å². The second kappa shape index (κ2) is 6.91. The zero-order valence-electron chi connectivity index (χ0n) is 10.0. The second-order valence-corrected chi connectivity index (χ2v) is 4.12. The minimum atomic E-state index is -0.337. The molecule has 0 radical (unpaired) electrons. The van der Waals surface area contributed by atoms with E-state index in [4.69, 9.17) is 22.2 Å². The van der Waals surface area contributed by atoms with E-state index in [9.17, 15) is 4.39 Å². The predicted octanol–water partition coefficient (Wildman–Crippen LogP) is 2.80. The Kier molecular flexibility index (Phi) is 5.85. The van der Waals surface area contributed by atoms with E-state index in [1.54, 1.807) is 0 Å². The van der Waals surface area contributed by atoms with Gasteiger partial charge < -0.3 is 4.74 Å². The smallest absolute Gasteiger partial charge is 0.123 e. The minimum absolute atomic E-state index is 0.135. The average molecular weight is 261 g/mol. The maximum Gasteiger partial charge on any atom is 0.123 e. The van der Waals surface area contributed by atoms with Crippen LogP contribution in [0.5, 0.6) is 0 Å². The van der Waals surface area contributed by atoms with Gasteiger partial charge in [0.05, 0.1) is 12.1 Å². The number of ether oxygens (including phenoxy) is 1. The number of hydrogen-bond acceptors (Lipinski definition) is 3. The molecule has 1 aromatic rings. The Morgan fingerprint density at radius 1 is 1.47 bits per heavy atom. The van der Waals surface area contributed by atoms with Crippen LogP contribution in [0, 0.1) is 5.82 Å². The molecular weight excluding hydrogens is 243 g/mol. The van der Waals surface area contributed by atoms with Crippen molar-refractivity contribution >= 4 is 11.6 Å². The normalized spacial score (nSPS) is 14.6. The molecule has 96 valence electrons. The lowest BCUT2D eigenvalue weighted by Gasteiger charge is -2.26. The molecule has 0 spiro atoms. The van der Waals surface area contributed by atoms with Crippen LogP contribution in [0.4, 0.5) is 4.39 Å². The number of nitrogens with one attached hydrogen (secondary N) is 1. The highest BCUT2D eigenvalue weighted by atomic mass is 35.5. The third-order valence-electron chi connectivity index (χ3n) is 2.63. The molecule has 0 heterocycles. The van der Waals surface area contributed by atoms with Crippen molar-refractivity contribution < 1.29 is 9.13 Å². The first kappa shape index (κ1) is 14.4. The predicted molar refractivity (Wildman–Crippen MR) is 67.2 cm³/mol. The summed E-state index contributed by atoms with van der Waals surface area (Å²) < 4.78 is 18.8. The van der Waals surface area contributed by atoms with Gasteiger partial charge >= 0.3 is 0 Å². The molecule has 0 aliphatic rings. The van der Waals surface area contributed by atoms with Crippen LogP contribution in [0.3, 0.4) is 0 Å². The van der Waals surface area contributed by atoms with Crippen molar-refractivity contribution in [1.82, 2.24) is 5.43 Å². The molecule has 0 saturated heterocycles. The Morgan fingerprint density at radius 3 is 2.71 bits per heavy atom. The molecule has 0 bridgehead atoms. The second-order valence-electron chi connectivity index (χ2n) is 3.71. The van der Waals surface area contributed by atoms with Crippen LogP contribution < -0.4 is 11.3 Å². The summed E-state index contributed by atoms with van der Waals surface area (Å²) >= 11 is 6.05. The summed E-state index contributed by atoms with van der Waals surface area (Å²) in [4.78, 5) is 0. The van der Waals surface area contributed by atoms with Crippen LogP contribution in [-0.4, -0.2) is 12.7 Å². The average Bonchev–Trinajstić information content (AvgIpc) is 2.33. The fourth-order valence-electron chi connectivity index (χ4n) is 1.81. The van der Waals surface area contributed by atoms with Crippen LogP contribution in [0.1, 0.15) is 31.9 Å². The van der Waals surface area contributed by atoms with Crippen LogP contribution in [0.25, 0.3) is 0 Å². The zero-order valence-corrected chi connectivity index (χ0v) is 10.8. The molecule has 0 aliphatic carbocycles. The monoisotopic (exact) mass is 260 g/mol. The molecule has 3 nitrogen and oxygen atoms in total. The number of hydrogen-bond donors (Lipinski definition) is 2. The molecule has 1 aromatic carbocycles. The first-order valence-electron chi connectivity index (χ1n) is 5.66. The molecule has 2 atom stereocenters. The van der Waals surface area contributed by atoms with Crippen molar-refractivity contribution in [2.24, 2.45) is 5.84 Å². The number of benzene rings is 1. The molecule has 0 aliphatic heterocycles. The highest BCUT2D eigenvalue weighted by Gasteiger charge is 2.23. The van der Waals surface area contributed by atoms with Gasteiger partial charge in [-0.25, -0.2) is 4.39 Å². The Bertz CT molecular complexity index is 362. The topological polar surface area (TPSA) is 47.3 Å². The molecule has 1 rings (SSSR count). The van der Waals surface area contributed by atoms with Crippen LogP contribution in [-0.2, 0) is 4.74 Å². The maximum atomic E-state index is 13.2. The van der Waals surface area contributed by atoms with Crippen molar-refractivity contribution in [1.29, 1.82) is 0 Å². The minimum Gasteiger partial charge on any atom is -0.376 e. The largest absolute Gasteiger partial charge is 0.376 e. The standard InChI is InChI=1S/C12H18ClFN2O/c1-3-11(17-4-2)12(16-15)9-7-8(14)5-6-10(9)13/h5-7,11-12,16H,3-4,15H2,1-2H3. The number of hydrazine groups is 1. The zero-order chi connectivity index (χ0) is 12.8. The molecule has 17 heavy (non-hydrogen) atoms. The summed E-state index contributed by atoms with van der Waals surface area (Å²) in [7, 11) is 0. The van der Waals surface area contributed by atoms with Gasteiger partial charge in [0, 0.05) is 11.6 Å². The fourth-order valence-corrected chi connectivity index (χ4v) is 2.05. The molecule has 2 unspecified atom stereocenters. The Hall–Kier alpha value is -0.680. The molecule has 0 aromatic heterocycles. The number of rotatable bonds is 6.